The summed E-state index contributed by atoms with van der Waals surface area (Å²) in [7, 11) is -3.79. The Morgan fingerprint density at radius 1 is 1.18 bits per heavy atom. The van der Waals surface area contributed by atoms with Crippen LogP contribution in [0.5, 0.6) is 0 Å². The smallest absolute Gasteiger partial charge is 0.238 e. The highest BCUT2D eigenvalue weighted by Crippen LogP contribution is 2.36. The number of nitriles is 1. The minimum atomic E-state index is -3.79. The molecule has 170 valence electrons. The number of hydrogen-bond acceptors (Lipinski definition) is 6. The third kappa shape index (κ3) is 5.46. The molecule has 1 amide bonds. The zero-order chi connectivity index (χ0) is 23.6. The summed E-state index contributed by atoms with van der Waals surface area (Å²) in [6.07, 6.45) is 1.47. The summed E-state index contributed by atoms with van der Waals surface area (Å²) in [4.78, 5) is 13.6. The van der Waals surface area contributed by atoms with E-state index in [1.807, 2.05) is 0 Å². The monoisotopic (exact) mass is 484 g/mol. The lowest BCUT2D eigenvalue weighted by atomic mass is 9.96. The van der Waals surface area contributed by atoms with Gasteiger partial charge in [-0.1, -0.05) is 24.3 Å². The molecule has 0 radical (unpaired) electrons. The molecule has 4 rings (SSSR count). The molecule has 1 aliphatic rings. The third-order valence-corrected chi connectivity index (χ3v) is 7.57. The second-order valence-corrected chi connectivity index (χ2v) is 10.5. The van der Waals surface area contributed by atoms with Gasteiger partial charge in [-0.25, -0.2) is 17.9 Å². The molecular weight excluding hydrogens is 463 g/mol. The van der Waals surface area contributed by atoms with Crippen molar-refractivity contribution in [2.75, 3.05) is 5.32 Å². The summed E-state index contributed by atoms with van der Waals surface area (Å²) in [6.45, 7) is 0.519. The van der Waals surface area contributed by atoms with Crippen LogP contribution >= 0.6 is 11.3 Å². The van der Waals surface area contributed by atoms with Crippen molar-refractivity contribution >= 4 is 32.3 Å². The van der Waals surface area contributed by atoms with E-state index in [0.717, 1.165) is 22.4 Å². The Balaban J connectivity index is 1.44. The van der Waals surface area contributed by atoms with E-state index in [-0.39, 0.29) is 29.1 Å². The van der Waals surface area contributed by atoms with E-state index < -0.39 is 10.0 Å². The van der Waals surface area contributed by atoms with Crippen molar-refractivity contribution in [2.45, 2.75) is 36.7 Å². The standard InChI is InChI=1S/C23H21FN4O3S2/c24-16-5-1-14(2-6-16)9-17-11-21-20(13-27-17)19(12-25)23(32-21)28-22(29)10-15-3-7-18(8-4-15)33(26,30)31/h1-8,17,27H,9-11,13H2,(H,28,29)(H2,26,30,31). The fourth-order valence-electron chi connectivity index (χ4n) is 3.82. The number of carbonyl (C=O) groups excluding carboxylic acids is 1. The number of nitrogens with zero attached hydrogens (tertiary/aromatic N) is 1. The molecule has 1 atom stereocenters. The van der Waals surface area contributed by atoms with Gasteiger partial charge in [-0.05, 0) is 53.8 Å². The molecule has 0 saturated heterocycles. The second kappa shape index (κ2) is 9.41. The molecule has 0 saturated carbocycles. The number of benzene rings is 2. The first kappa shape index (κ1) is 23.1. The summed E-state index contributed by atoms with van der Waals surface area (Å²) < 4.78 is 35.9. The summed E-state index contributed by atoms with van der Waals surface area (Å²) in [5.74, 6) is -0.570. The average molecular weight is 485 g/mol. The molecular formula is C23H21FN4O3S2. The maximum absolute atomic E-state index is 13.1. The van der Waals surface area contributed by atoms with Crippen molar-refractivity contribution in [2.24, 2.45) is 5.14 Å². The van der Waals surface area contributed by atoms with Gasteiger partial charge in [-0.3, -0.25) is 4.79 Å². The Morgan fingerprint density at radius 3 is 2.48 bits per heavy atom. The maximum atomic E-state index is 13.1. The molecule has 7 nitrogen and oxygen atoms in total. The number of halogens is 1. The van der Waals surface area contributed by atoms with Gasteiger partial charge in [0.25, 0.3) is 0 Å². The quantitative estimate of drug-likeness (QED) is 0.496. The van der Waals surface area contributed by atoms with Gasteiger partial charge in [0.1, 0.15) is 16.9 Å². The zero-order valence-corrected chi connectivity index (χ0v) is 19.1. The number of sulfonamides is 1. The predicted molar refractivity (Wildman–Crippen MR) is 124 cm³/mol. The molecule has 1 unspecified atom stereocenters. The van der Waals surface area contributed by atoms with Crippen molar-refractivity contribution < 1.29 is 17.6 Å². The van der Waals surface area contributed by atoms with Crippen molar-refractivity contribution in [1.29, 1.82) is 5.26 Å². The van der Waals surface area contributed by atoms with E-state index >= 15 is 0 Å². The summed E-state index contributed by atoms with van der Waals surface area (Å²) in [5, 5.41) is 21.5. The van der Waals surface area contributed by atoms with E-state index in [0.29, 0.717) is 29.1 Å². The van der Waals surface area contributed by atoms with E-state index in [2.05, 4.69) is 16.7 Å². The van der Waals surface area contributed by atoms with Crippen LogP contribution in [0.15, 0.2) is 53.4 Å². The molecule has 1 aromatic heterocycles. The van der Waals surface area contributed by atoms with E-state index in [4.69, 9.17) is 5.14 Å². The minimum absolute atomic E-state index is 0.0213. The Hall–Kier alpha value is -3.10. The normalized spacial score (nSPS) is 15.5. The Morgan fingerprint density at radius 2 is 1.85 bits per heavy atom. The highest BCUT2D eigenvalue weighted by atomic mass is 32.2. The Labute approximate surface area is 195 Å². The van der Waals surface area contributed by atoms with Gasteiger partial charge in [0.05, 0.1) is 16.9 Å². The minimum Gasteiger partial charge on any atom is -0.316 e. The van der Waals surface area contributed by atoms with Crippen LogP contribution in [0.2, 0.25) is 0 Å². The lowest BCUT2D eigenvalue weighted by Gasteiger charge is -2.24. The van der Waals surface area contributed by atoms with Gasteiger partial charge in [-0.2, -0.15) is 5.26 Å². The van der Waals surface area contributed by atoms with Crippen molar-refractivity contribution in [1.82, 2.24) is 5.32 Å². The number of rotatable bonds is 6. The van der Waals surface area contributed by atoms with E-state index in [1.54, 1.807) is 12.1 Å². The number of nitrogens with one attached hydrogen (secondary N) is 2. The molecule has 10 heteroatoms. The van der Waals surface area contributed by atoms with E-state index in [9.17, 15) is 22.9 Å². The number of carbonyl (C=O) groups is 1. The number of anilines is 1. The maximum Gasteiger partial charge on any atom is 0.238 e. The first-order chi connectivity index (χ1) is 15.7. The number of nitrogens with two attached hydrogens (primary N) is 1. The van der Waals surface area contributed by atoms with Crippen LogP contribution in [0.3, 0.4) is 0 Å². The topological polar surface area (TPSA) is 125 Å². The van der Waals surface area contributed by atoms with Crippen LogP contribution in [0.25, 0.3) is 0 Å². The van der Waals surface area contributed by atoms with Crippen LogP contribution in [-0.4, -0.2) is 20.4 Å². The molecule has 0 bridgehead atoms. The summed E-state index contributed by atoms with van der Waals surface area (Å²) in [6, 6.07) is 14.6. The summed E-state index contributed by atoms with van der Waals surface area (Å²) in [5.41, 5.74) is 3.00. The van der Waals surface area contributed by atoms with Crippen LogP contribution in [0, 0.1) is 17.1 Å². The molecule has 0 spiro atoms. The highest BCUT2D eigenvalue weighted by Gasteiger charge is 2.26. The lowest BCUT2D eigenvalue weighted by Crippen LogP contribution is -2.36. The molecule has 2 heterocycles. The summed E-state index contributed by atoms with van der Waals surface area (Å²) >= 11 is 1.40. The SMILES string of the molecule is N#Cc1c(NC(=O)Cc2ccc(S(N)(=O)=O)cc2)sc2c1CNC(Cc1ccc(F)cc1)C2. The number of thiophene rings is 1. The second-order valence-electron chi connectivity index (χ2n) is 7.85. The van der Waals surface area contributed by atoms with Crippen molar-refractivity contribution in [3.05, 3.63) is 81.5 Å². The lowest BCUT2D eigenvalue weighted by molar-refractivity contribution is -0.115. The van der Waals surface area contributed by atoms with Gasteiger partial charge in [0.2, 0.25) is 15.9 Å². The molecule has 2 aromatic carbocycles. The van der Waals surface area contributed by atoms with Crippen molar-refractivity contribution in [3.63, 3.8) is 0 Å². The molecule has 0 aliphatic carbocycles. The molecule has 3 aromatic rings. The van der Waals surface area contributed by atoms with Gasteiger partial charge in [0.15, 0.2) is 0 Å². The number of amides is 1. The number of primary sulfonamides is 1. The fraction of sp³-hybridized carbons (Fsp3) is 0.217. The Bertz CT molecular complexity index is 1330. The van der Waals surface area contributed by atoms with Gasteiger partial charge >= 0.3 is 0 Å². The third-order valence-electron chi connectivity index (χ3n) is 5.47. The molecule has 33 heavy (non-hydrogen) atoms. The average Bonchev–Trinajstić information content (AvgIpc) is 3.11. The van der Waals surface area contributed by atoms with Crippen LogP contribution in [0.4, 0.5) is 9.39 Å². The molecule has 4 N–H and O–H groups in total. The molecule has 0 fully saturated rings. The number of hydrogen-bond donors (Lipinski definition) is 3. The van der Waals surface area contributed by atoms with Crippen molar-refractivity contribution in [3.8, 4) is 6.07 Å². The van der Waals surface area contributed by atoms with E-state index in [1.165, 1.54) is 47.7 Å². The van der Waals surface area contributed by atoms with Gasteiger partial charge in [0, 0.05) is 17.5 Å². The zero-order valence-electron chi connectivity index (χ0n) is 17.5. The fourth-order valence-corrected chi connectivity index (χ4v) is 5.59. The largest absolute Gasteiger partial charge is 0.316 e. The van der Waals surface area contributed by atoms with Crippen LogP contribution in [-0.2, 0) is 40.6 Å². The van der Waals surface area contributed by atoms with Gasteiger partial charge < -0.3 is 10.6 Å². The highest BCUT2D eigenvalue weighted by molar-refractivity contribution is 7.89. The molecule has 1 aliphatic heterocycles. The van der Waals surface area contributed by atoms with Crippen LogP contribution < -0.4 is 15.8 Å². The first-order valence-electron chi connectivity index (χ1n) is 10.2. The first-order valence-corrected chi connectivity index (χ1v) is 12.5. The van der Waals surface area contributed by atoms with Crippen LogP contribution in [0.1, 0.15) is 27.1 Å². The number of fused-ring (bicyclic) bond motifs is 1. The van der Waals surface area contributed by atoms with Gasteiger partial charge in [-0.15, -0.1) is 11.3 Å². The predicted octanol–water partition coefficient (Wildman–Crippen LogP) is 2.84. The Kier molecular flexibility index (Phi) is 6.58.